The summed E-state index contributed by atoms with van der Waals surface area (Å²) in [4.78, 5) is 7.48. The van der Waals surface area contributed by atoms with E-state index in [1.807, 2.05) is 6.92 Å². The Labute approximate surface area is 120 Å². The van der Waals surface area contributed by atoms with Gasteiger partial charge in [-0.3, -0.25) is 0 Å². The van der Waals surface area contributed by atoms with Gasteiger partial charge in [0.05, 0.1) is 22.8 Å². The summed E-state index contributed by atoms with van der Waals surface area (Å²) < 4.78 is 37.5. The third-order valence-corrected chi connectivity index (χ3v) is 3.24. The van der Waals surface area contributed by atoms with Gasteiger partial charge in [0.25, 0.3) is 0 Å². The number of aryl methyl sites for hydroxylation is 1. The van der Waals surface area contributed by atoms with Gasteiger partial charge in [-0.2, -0.15) is 13.2 Å². The van der Waals surface area contributed by atoms with Crippen molar-refractivity contribution in [2.45, 2.75) is 31.8 Å². The smallest absolute Gasteiger partial charge is 0.341 e. The lowest BCUT2D eigenvalue weighted by atomic mass is 10.1. The van der Waals surface area contributed by atoms with Crippen LogP contribution in [-0.2, 0) is 18.5 Å². The van der Waals surface area contributed by atoms with Crippen LogP contribution in [0.25, 0.3) is 11.4 Å². The van der Waals surface area contributed by atoms with Crippen LogP contribution >= 0.6 is 11.6 Å². The molecule has 0 bridgehead atoms. The van der Waals surface area contributed by atoms with Crippen LogP contribution in [0.3, 0.4) is 0 Å². The molecule has 0 radical (unpaired) electrons. The molecule has 2 aromatic rings. The van der Waals surface area contributed by atoms with Gasteiger partial charge in [-0.05, 0) is 18.6 Å². The van der Waals surface area contributed by atoms with Crippen LogP contribution in [-0.4, -0.2) is 9.97 Å². The Morgan fingerprint density at radius 2 is 1.85 bits per heavy atom. The fourth-order valence-electron chi connectivity index (χ4n) is 1.95. The minimum Gasteiger partial charge on any atom is -0.341 e. The van der Waals surface area contributed by atoms with Gasteiger partial charge in [-0.1, -0.05) is 25.5 Å². The number of halogens is 4. The zero-order valence-electron chi connectivity index (χ0n) is 10.9. The maximum Gasteiger partial charge on any atom is 0.416 e. The summed E-state index contributed by atoms with van der Waals surface area (Å²) in [7, 11) is 0. The van der Waals surface area contributed by atoms with E-state index in [4.69, 9.17) is 11.6 Å². The monoisotopic (exact) mass is 302 g/mol. The molecule has 1 aromatic heterocycles. The summed E-state index contributed by atoms with van der Waals surface area (Å²) in [6.45, 7) is 2.03. The highest BCUT2D eigenvalue weighted by atomic mass is 35.5. The van der Waals surface area contributed by atoms with Crippen LogP contribution in [0.1, 0.15) is 30.3 Å². The number of nitrogens with one attached hydrogen (secondary N) is 1. The zero-order valence-corrected chi connectivity index (χ0v) is 11.6. The summed E-state index contributed by atoms with van der Waals surface area (Å²) >= 11 is 5.83. The van der Waals surface area contributed by atoms with Crippen molar-refractivity contribution in [3.05, 3.63) is 41.2 Å². The number of alkyl halides is 4. The standard InChI is InChI=1S/C14H14ClF3N2/c1-2-3-11-12(8-15)20-13(19-11)9-4-6-10(7-5-9)14(16,17)18/h4-7H,2-3,8H2,1H3,(H,19,20). The number of H-pyrrole nitrogens is 1. The van der Waals surface area contributed by atoms with Gasteiger partial charge < -0.3 is 4.98 Å². The molecule has 108 valence electrons. The van der Waals surface area contributed by atoms with Crippen LogP contribution in [0.2, 0.25) is 0 Å². The van der Waals surface area contributed by atoms with Crippen molar-refractivity contribution < 1.29 is 13.2 Å². The predicted octanol–water partition coefficient (Wildman–Crippen LogP) is 4.79. The third kappa shape index (κ3) is 3.15. The Balaban J connectivity index is 2.32. The first-order valence-electron chi connectivity index (χ1n) is 6.27. The number of aromatic nitrogens is 2. The van der Waals surface area contributed by atoms with E-state index >= 15 is 0 Å². The molecule has 20 heavy (non-hydrogen) atoms. The SMILES string of the molecule is CCCc1nc(-c2ccc(C(F)(F)F)cc2)[nH]c1CCl. The molecule has 0 aliphatic heterocycles. The van der Waals surface area contributed by atoms with Crippen LogP contribution in [0.15, 0.2) is 24.3 Å². The first kappa shape index (κ1) is 14.9. The number of nitrogens with zero attached hydrogens (tertiary/aromatic N) is 1. The first-order chi connectivity index (χ1) is 9.45. The van der Waals surface area contributed by atoms with Crippen molar-refractivity contribution >= 4 is 11.6 Å². The minimum absolute atomic E-state index is 0.309. The molecule has 2 rings (SSSR count). The second-order valence-electron chi connectivity index (χ2n) is 4.47. The van der Waals surface area contributed by atoms with E-state index in [2.05, 4.69) is 9.97 Å². The second-order valence-corrected chi connectivity index (χ2v) is 4.74. The quantitative estimate of drug-likeness (QED) is 0.808. The molecule has 0 fully saturated rings. The molecular formula is C14H14ClF3N2. The van der Waals surface area contributed by atoms with Gasteiger partial charge >= 0.3 is 6.18 Å². The summed E-state index contributed by atoms with van der Waals surface area (Å²) in [5.41, 5.74) is 1.65. The van der Waals surface area contributed by atoms with E-state index in [9.17, 15) is 13.2 Å². The van der Waals surface area contributed by atoms with Gasteiger partial charge in [0.2, 0.25) is 0 Å². The molecule has 1 aromatic carbocycles. The van der Waals surface area contributed by atoms with Crippen molar-refractivity contribution in [3.63, 3.8) is 0 Å². The Kier molecular flexibility index (Phi) is 4.38. The van der Waals surface area contributed by atoms with Crippen LogP contribution in [0.5, 0.6) is 0 Å². The summed E-state index contributed by atoms with van der Waals surface area (Å²) in [5.74, 6) is 0.862. The van der Waals surface area contributed by atoms with Crippen molar-refractivity contribution in [2.75, 3.05) is 0 Å². The molecule has 0 amide bonds. The molecule has 0 atom stereocenters. The van der Waals surface area contributed by atoms with Gasteiger partial charge in [0.15, 0.2) is 0 Å². The van der Waals surface area contributed by atoms with Crippen LogP contribution in [0.4, 0.5) is 13.2 Å². The Bertz CT molecular complexity index is 573. The lowest BCUT2D eigenvalue weighted by Crippen LogP contribution is -2.04. The number of hydrogen-bond donors (Lipinski definition) is 1. The van der Waals surface area contributed by atoms with Crippen molar-refractivity contribution in [3.8, 4) is 11.4 Å². The Morgan fingerprint density at radius 1 is 1.20 bits per heavy atom. The van der Waals surface area contributed by atoms with Crippen LogP contribution in [0, 0.1) is 0 Å². The number of rotatable bonds is 4. The molecule has 1 N–H and O–H groups in total. The van der Waals surface area contributed by atoms with Gasteiger partial charge in [0.1, 0.15) is 5.82 Å². The summed E-state index contributed by atoms with van der Waals surface area (Å²) in [6, 6.07) is 4.93. The highest BCUT2D eigenvalue weighted by molar-refractivity contribution is 6.17. The van der Waals surface area contributed by atoms with E-state index in [0.29, 0.717) is 17.3 Å². The topological polar surface area (TPSA) is 28.7 Å². The molecule has 0 aliphatic carbocycles. The summed E-state index contributed by atoms with van der Waals surface area (Å²) in [5, 5.41) is 0. The van der Waals surface area contributed by atoms with E-state index in [1.54, 1.807) is 0 Å². The van der Waals surface area contributed by atoms with E-state index in [1.165, 1.54) is 12.1 Å². The molecule has 2 nitrogen and oxygen atoms in total. The molecule has 6 heteroatoms. The molecule has 0 spiro atoms. The fraction of sp³-hybridized carbons (Fsp3) is 0.357. The highest BCUT2D eigenvalue weighted by Crippen LogP contribution is 2.30. The van der Waals surface area contributed by atoms with E-state index in [0.717, 1.165) is 36.4 Å². The number of hydrogen-bond acceptors (Lipinski definition) is 1. The van der Waals surface area contributed by atoms with Crippen molar-refractivity contribution in [1.82, 2.24) is 9.97 Å². The van der Waals surface area contributed by atoms with Gasteiger partial charge in [0, 0.05) is 5.56 Å². The maximum atomic E-state index is 12.5. The highest BCUT2D eigenvalue weighted by Gasteiger charge is 2.30. The minimum atomic E-state index is -4.32. The third-order valence-electron chi connectivity index (χ3n) is 2.97. The Hall–Kier alpha value is -1.49. The summed E-state index contributed by atoms with van der Waals surface area (Å²) in [6.07, 6.45) is -2.60. The number of benzene rings is 1. The zero-order chi connectivity index (χ0) is 14.8. The normalized spacial score (nSPS) is 11.8. The molecule has 1 heterocycles. The van der Waals surface area contributed by atoms with E-state index in [-0.39, 0.29) is 0 Å². The largest absolute Gasteiger partial charge is 0.416 e. The first-order valence-corrected chi connectivity index (χ1v) is 6.80. The lowest BCUT2D eigenvalue weighted by molar-refractivity contribution is -0.137. The van der Waals surface area contributed by atoms with E-state index < -0.39 is 11.7 Å². The van der Waals surface area contributed by atoms with Crippen LogP contribution < -0.4 is 0 Å². The number of aromatic amines is 1. The number of imidazole rings is 1. The fourth-order valence-corrected chi connectivity index (χ4v) is 2.17. The molecule has 0 unspecified atom stereocenters. The lowest BCUT2D eigenvalue weighted by Gasteiger charge is -2.06. The predicted molar refractivity (Wildman–Crippen MR) is 72.6 cm³/mol. The maximum absolute atomic E-state index is 12.5. The molecule has 0 saturated heterocycles. The average molecular weight is 303 g/mol. The van der Waals surface area contributed by atoms with Gasteiger partial charge in [-0.25, -0.2) is 4.98 Å². The Morgan fingerprint density at radius 3 is 2.35 bits per heavy atom. The second kappa shape index (κ2) is 5.87. The molecule has 0 saturated carbocycles. The molecular weight excluding hydrogens is 289 g/mol. The molecule has 0 aliphatic rings. The van der Waals surface area contributed by atoms with Crippen molar-refractivity contribution in [2.24, 2.45) is 0 Å². The van der Waals surface area contributed by atoms with Gasteiger partial charge in [-0.15, -0.1) is 11.6 Å². The van der Waals surface area contributed by atoms with Crippen molar-refractivity contribution in [1.29, 1.82) is 0 Å². The average Bonchev–Trinajstić information content (AvgIpc) is 2.81.